The van der Waals surface area contributed by atoms with Gasteiger partial charge in [0.2, 0.25) is 11.8 Å². The van der Waals surface area contributed by atoms with Crippen molar-refractivity contribution in [3.63, 3.8) is 0 Å². The van der Waals surface area contributed by atoms with E-state index in [1.54, 1.807) is 24.4 Å². The predicted octanol–water partition coefficient (Wildman–Crippen LogP) is 3.04. The number of aromatic amines is 2. The number of nitrogens with one attached hydrogen (secondary N) is 2. The van der Waals surface area contributed by atoms with Crippen LogP contribution in [0, 0.1) is 17.7 Å². The van der Waals surface area contributed by atoms with Gasteiger partial charge in [0, 0.05) is 48.9 Å². The first-order valence-electron chi connectivity index (χ1n) is 14.5. The number of hydrogen-bond donors (Lipinski definition) is 2. The number of carbonyl (C=O) groups is 2. The number of benzene rings is 2. The Labute approximate surface area is 237 Å². The van der Waals surface area contributed by atoms with Gasteiger partial charge in [-0.3, -0.25) is 19.5 Å². The van der Waals surface area contributed by atoms with E-state index in [-0.39, 0.29) is 35.2 Å². The number of nitrogens with zero attached hydrogens (tertiary/aromatic N) is 3. The molecule has 0 unspecified atom stereocenters. The van der Waals surface area contributed by atoms with Crippen molar-refractivity contribution in [2.75, 3.05) is 19.6 Å². The quantitative estimate of drug-likeness (QED) is 0.373. The van der Waals surface area contributed by atoms with Crippen LogP contribution in [0.4, 0.5) is 4.39 Å². The Morgan fingerprint density at radius 3 is 2.68 bits per heavy atom. The van der Waals surface area contributed by atoms with Crippen molar-refractivity contribution in [3.05, 3.63) is 69.4 Å². The molecule has 10 heteroatoms. The Morgan fingerprint density at radius 1 is 1.10 bits per heavy atom. The van der Waals surface area contributed by atoms with E-state index in [1.165, 1.54) is 6.07 Å². The van der Waals surface area contributed by atoms with E-state index in [1.807, 2.05) is 15.9 Å². The van der Waals surface area contributed by atoms with Gasteiger partial charge in [0.15, 0.2) is 0 Å². The Morgan fingerprint density at radius 2 is 1.90 bits per heavy atom. The highest BCUT2D eigenvalue weighted by Gasteiger charge is 2.36. The number of fused-ring (bicyclic) bond motifs is 4. The number of carbonyl (C=O) groups excluding carboxylic acids is 2. The molecule has 0 spiro atoms. The minimum Gasteiger partial charge on any atom is -0.343 e. The molecule has 8 nitrogen and oxygen atoms in total. The fourth-order valence-electron chi connectivity index (χ4n) is 6.72. The van der Waals surface area contributed by atoms with Gasteiger partial charge < -0.3 is 14.8 Å². The first-order valence-corrected chi connectivity index (χ1v) is 14.5. The third-order valence-electron chi connectivity index (χ3n) is 9.19. The van der Waals surface area contributed by atoms with E-state index in [4.69, 9.17) is 7.85 Å². The van der Waals surface area contributed by atoms with Crippen LogP contribution in [0.5, 0.6) is 0 Å². The van der Waals surface area contributed by atoms with Gasteiger partial charge in [0.1, 0.15) is 13.7 Å². The van der Waals surface area contributed by atoms with Crippen molar-refractivity contribution in [2.45, 2.75) is 51.0 Å². The summed E-state index contributed by atoms with van der Waals surface area (Å²) in [5, 5.41) is 8.77. The lowest BCUT2D eigenvalue weighted by molar-refractivity contribution is -0.142. The molecule has 2 aromatic heterocycles. The van der Waals surface area contributed by atoms with Crippen LogP contribution in [0.2, 0.25) is 0 Å². The summed E-state index contributed by atoms with van der Waals surface area (Å²) in [5.74, 6) is -0.405. The van der Waals surface area contributed by atoms with Gasteiger partial charge in [-0.25, -0.2) is 4.39 Å². The number of likely N-dealkylation sites (tertiary alicyclic amines) is 1. The summed E-state index contributed by atoms with van der Waals surface area (Å²) >= 11 is 0. The summed E-state index contributed by atoms with van der Waals surface area (Å²) in [6.45, 7) is 2.23. The summed E-state index contributed by atoms with van der Waals surface area (Å²) in [7, 11) is 6.32. The third kappa shape index (κ3) is 4.83. The molecule has 2 aliphatic heterocycles. The zero-order valence-electron chi connectivity index (χ0n) is 22.8. The number of H-pyrrole nitrogens is 2. The predicted molar refractivity (Wildman–Crippen MR) is 155 cm³/mol. The van der Waals surface area contributed by atoms with E-state index in [0.29, 0.717) is 67.8 Å². The normalized spacial score (nSPS) is 20.0. The van der Waals surface area contributed by atoms with Crippen LogP contribution in [0.15, 0.2) is 41.3 Å². The molecule has 2 fully saturated rings. The fourth-order valence-corrected chi connectivity index (χ4v) is 6.72. The molecular weight excluding hydrogens is 520 g/mol. The van der Waals surface area contributed by atoms with Crippen molar-refractivity contribution >= 4 is 46.9 Å². The second-order valence-electron chi connectivity index (χ2n) is 11.9. The maximum Gasteiger partial charge on any atom is 0.251 e. The maximum absolute atomic E-state index is 14.1. The van der Waals surface area contributed by atoms with Crippen molar-refractivity contribution in [1.82, 2.24) is 25.0 Å². The van der Waals surface area contributed by atoms with Crippen LogP contribution >= 0.6 is 0 Å². The highest BCUT2D eigenvalue weighted by Crippen LogP contribution is 2.35. The molecule has 0 bridgehead atoms. The van der Waals surface area contributed by atoms with Crippen molar-refractivity contribution in [2.24, 2.45) is 11.8 Å². The van der Waals surface area contributed by atoms with Crippen LogP contribution in [-0.2, 0) is 22.6 Å². The van der Waals surface area contributed by atoms with E-state index in [0.717, 1.165) is 34.9 Å². The Hall–Kier alpha value is -3.95. The number of rotatable bonds is 5. The standard InChI is InChI=1S/C31H31BFN5O3/c32-25-12-20-10-21(31(41)38(15-17-4-5-17)16-24(20)23-14-34-36-29(23)25)13-27(39)37-8-6-18(7-9-37)22-11-19-2-1-3-26(33)28(19)35-30(22)40/h1-3,11-12,14,17-18,21H,4-10,13,15-16H2,(H,34,36)(H,35,40)/t21-/m0/s1. The zero-order valence-corrected chi connectivity index (χ0v) is 22.8. The second-order valence-corrected chi connectivity index (χ2v) is 11.9. The lowest BCUT2D eigenvalue weighted by Crippen LogP contribution is -2.42. The zero-order chi connectivity index (χ0) is 28.2. The van der Waals surface area contributed by atoms with E-state index >= 15 is 0 Å². The van der Waals surface area contributed by atoms with Gasteiger partial charge in [-0.1, -0.05) is 23.7 Å². The molecule has 1 saturated carbocycles. The van der Waals surface area contributed by atoms with Crippen molar-refractivity contribution in [1.29, 1.82) is 0 Å². The monoisotopic (exact) mass is 551 g/mol. The SMILES string of the molecule is [B]c1cc2c(c3cn[nH]c13)CN(CC1CC1)C(=O)[C@H](CC(=O)N1CCC(c3cc4cccc(F)c4[nH]c3=O)CC1)C2. The van der Waals surface area contributed by atoms with Gasteiger partial charge in [-0.15, -0.1) is 0 Å². The summed E-state index contributed by atoms with van der Waals surface area (Å²) in [6, 6.07) is 8.46. The minimum atomic E-state index is -0.456. The van der Waals surface area contributed by atoms with Gasteiger partial charge in [-0.2, -0.15) is 5.10 Å². The molecule has 3 aliphatic rings. The third-order valence-corrected chi connectivity index (χ3v) is 9.19. The van der Waals surface area contributed by atoms with Crippen molar-refractivity contribution in [3.8, 4) is 0 Å². The molecule has 2 amide bonds. The number of aromatic nitrogens is 3. The molecule has 1 atom stereocenters. The summed E-state index contributed by atoms with van der Waals surface area (Å²) < 4.78 is 14.1. The molecule has 1 aliphatic carbocycles. The number of amides is 2. The molecular formula is C31H31BFN5O3. The summed E-state index contributed by atoms with van der Waals surface area (Å²) in [5.41, 5.74) is 4.02. The average Bonchev–Trinajstić information content (AvgIpc) is 3.67. The Bertz CT molecular complexity index is 1740. The van der Waals surface area contributed by atoms with Crippen molar-refractivity contribution < 1.29 is 14.0 Å². The van der Waals surface area contributed by atoms with Crippen LogP contribution in [0.3, 0.4) is 0 Å². The highest BCUT2D eigenvalue weighted by atomic mass is 19.1. The molecule has 4 heterocycles. The van der Waals surface area contributed by atoms with Gasteiger partial charge >= 0.3 is 0 Å². The molecule has 41 heavy (non-hydrogen) atoms. The minimum absolute atomic E-state index is 0.0174. The van der Waals surface area contributed by atoms with Gasteiger partial charge in [-0.05, 0) is 67.2 Å². The summed E-state index contributed by atoms with van der Waals surface area (Å²) in [4.78, 5) is 46.6. The first-order chi connectivity index (χ1) is 19.9. The van der Waals surface area contributed by atoms with Crippen LogP contribution < -0.4 is 11.0 Å². The number of halogens is 1. The second kappa shape index (κ2) is 10.2. The first kappa shape index (κ1) is 26.0. The molecule has 208 valence electrons. The highest BCUT2D eigenvalue weighted by molar-refractivity contribution is 6.38. The number of piperidine rings is 1. The molecule has 1 saturated heterocycles. The number of pyridine rings is 1. The largest absolute Gasteiger partial charge is 0.343 e. The van der Waals surface area contributed by atoms with E-state index in [9.17, 15) is 18.8 Å². The molecule has 2 N–H and O–H groups in total. The van der Waals surface area contributed by atoms with E-state index < -0.39 is 11.7 Å². The Kier molecular flexibility index (Phi) is 6.44. The van der Waals surface area contributed by atoms with Crippen LogP contribution in [0.25, 0.3) is 21.8 Å². The fraction of sp³-hybridized carbons (Fsp3) is 0.419. The topological polar surface area (TPSA) is 102 Å². The molecule has 2 aromatic carbocycles. The average molecular weight is 551 g/mol. The smallest absolute Gasteiger partial charge is 0.251 e. The van der Waals surface area contributed by atoms with Crippen LogP contribution in [-0.4, -0.2) is 64.3 Å². The lowest BCUT2D eigenvalue weighted by Gasteiger charge is -2.33. The van der Waals surface area contributed by atoms with Gasteiger partial charge in [0.25, 0.3) is 5.56 Å². The van der Waals surface area contributed by atoms with Gasteiger partial charge in [0.05, 0.1) is 23.1 Å². The van der Waals surface area contributed by atoms with E-state index in [2.05, 4.69) is 15.2 Å². The Balaban J connectivity index is 1.08. The molecule has 7 rings (SSSR count). The summed E-state index contributed by atoms with van der Waals surface area (Å²) in [6.07, 6.45) is 5.92. The lowest BCUT2D eigenvalue weighted by atomic mass is 9.85. The molecule has 2 radical (unpaired) electrons. The maximum atomic E-state index is 14.1. The number of hydrogen-bond acceptors (Lipinski definition) is 4. The number of para-hydroxylation sites is 1. The van der Waals surface area contributed by atoms with Crippen LogP contribution in [0.1, 0.15) is 54.7 Å². The molecule has 4 aromatic rings.